The molecule has 0 aliphatic carbocycles. The summed E-state index contributed by atoms with van der Waals surface area (Å²) in [7, 11) is 0. The first kappa shape index (κ1) is 10.7. The second kappa shape index (κ2) is 4.83. The van der Waals surface area contributed by atoms with Gasteiger partial charge in [-0.2, -0.15) is 0 Å². The van der Waals surface area contributed by atoms with Crippen molar-refractivity contribution in [1.29, 1.82) is 0 Å². The highest BCUT2D eigenvalue weighted by Gasteiger charge is 2.05. The molecule has 15 heavy (non-hydrogen) atoms. The Morgan fingerprint density at radius 2 is 2.47 bits per heavy atom. The van der Waals surface area contributed by atoms with Crippen molar-refractivity contribution >= 4 is 29.8 Å². The van der Waals surface area contributed by atoms with Crippen molar-refractivity contribution in [2.45, 2.75) is 19.4 Å². The van der Waals surface area contributed by atoms with Crippen LogP contribution in [0.4, 0.5) is 0 Å². The Kier molecular flexibility index (Phi) is 3.45. The Balaban J connectivity index is 2.08. The molecule has 0 fully saturated rings. The molecule has 1 aromatic heterocycles. The van der Waals surface area contributed by atoms with Gasteiger partial charge in [-0.15, -0.1) is 0 Å². The largest absolute Gasteiger partial charge is 0.310 e. The van der Waals surface area contributed by atoms with Crippen molar-refractivity contribution in [3.05, 3.63) is 27.5 Å². The number of aromatic amines is 1. The number of nitrogens with zero attached hydrogens (tertiary/aromatic N) is 1. The van der Waals surface area contributed by atoms with E-state index in [-0.39, 0.29) is 0 Å². The number of allylic oxidation sites excluding steroid dienone is 1. The Morgan fingerprint density at radius 3 is 3.13 bits per heavy atom. The summed E-state index contributed by atoms with van der Waals surface area (Å²) in [6.45, 7) is 3.20. The molecule has 1 aliphatic rings. The molecule has 3 nitrogen and oxygen atoms in total. The van der Waals surface area contributed by atoms with E-state index in [1.165, 1.54) is 17.1 Å². The quantitative estimate of drug-likeness (QED) is 0.779. The van der Waals surface area contributed by atoms with Gasteiger partial charge in [0.25, 0.3) is 0 Å². The van der Waals surface area contributed by atoms with Crippen LogP contribution in [0.15, 0.2) is 17.7 Å². The fourth-order valence-corrected chi connectivity index (χ4v) is 2.22. The highest BCUT2D eigenvalue weighted by molar-refractivity contribution is 7.73. The van der Waals surface area contributed by atoms with E-state index in [1.54, 1.807) is 0 Å². The Morgan fingerprint density at radius 1 is 1.60 bits per heavy atom. The number of rotatable bonds is 2. The van der Waals surface area contributed by atoms with Crippen LogP contribution in [0.5, 0.6) is 0 Å². The zero-order valence-corrected chi connectivity index (χ0v) is 10.1. The van der Waals surface area contributed by atoms with Crippen LogP contribution in [0.3, 0.4) is 0 Å². The van der Waals surface area contributed by atoms with E-state index in [2.05, 4.69) is 33.8 Å². The molecular formula is C10H13N3S2. The summed E-state index contributed by atoms with van der Waals surface area (Å²) in [6, 6.07) is 0.465. The fraction of sp³-hybridized carbons (Fsp3) is 0.400. The van der Waals surface area contributed by atoms with Crippen molar-refractivity contribution < 1.29 is 0 Å². The molecule has 0 bridgehead atoms. The fourth-order valence-electron chi connectivity index (χ4n) is 1.54. The monoisotopic (exact) mass is 239 g/mol. The normalized spacial score (nSPS) is 21.9. The van der Waals surface area contributed by atoms with E-state index in [0.717, 1.165) is 18.8 Å². The highest BCUT2D eigenvalue weighted by atomic mass is 32.2. The molecule has 2 rings (SSSR count). The summed E-state index contributed by atoms with van der Waals surface area (Å²) in [5.41, 5.74) is 1.36. The molecule has 80 valence electrons. The van der Waals surface area contributed by atoms with Crippen molar-refractivity contribution in [3.8, 4) is 0 Å². The van der Waals surface area contributed by atoms with E-state index in [1.807, 2.05) is 6.08 Å². The lowest BCUT2D eigenvalue weighted by molar-refractivity contribution is 0.602. The molecule has 0 amide bonds. The van der Waals surface area contributed by atoms with Crippen LogP contribution in [0.2, 0.25) is 0 Å². The van der Waals surface area contributed by atoms with Crippen LogP contribution in [-0.4, -0.2) is 21.9 Å². The first-order valence-electron chi connectivity index (χ1n) is 4.92. The average molecular weight is 239 g/mol. The zero-order valence-electron chi connectivity index (χ0n) is 8.49. The molecule has 2 heterocycles. The maximum Gasteiger partial charge on any atom is 0.198 e. The van der Waals surface area contributed by atoms with Gasteiger partial charge in [-0.1, -0.05) is 12.2 Å². The predicted molar refractivity (Wildman–Crippen MR) is 66.5 cm³/mol. The predicted octanol–water partition coefficient (Wildman–Crippen LogP) is 2.52. The second-order valence-corrected chi connectivity index (χ2v) is 4.97. The Hall–Kier alpha value is -0.780. The van der Waals surface area contributed by atoms with Gasteiger partial charge in [0.2, 0.25) is 0 Å². The van der Waals surface area contributed by atoms with Crippen LogP contribution in [0, 0.1) is 3.95 Å². The number of nitrogens with one attached hydrogen (secondary N) is 2. The van der Waals surface area contributed by atoms with Gasteiger partial charge in [-0.25, -0.2) is 4.98 Å². The topological polar surface area (TPSA) is 40.7 Å². The standard InChI is InChI=1S/C10H13N3S2/c1-7-6-8(4-5-11-7)2-3-9-12-10(14)15-13-9/h2-3,6-7,11H,4-5H2,1H3,(H,12,13,14)/b3-2+/t7-/m1/s1. The minimum absolute atomic E-state index is 0.465. The average Bonchev–Trinajstić information content (AvgIpc) is 2.62. The van der Waals surface area contributed by atoms with Gasteiger partial charge in [0.15, 0.2) is 3.95 Å². The molecule has 0 unspecified atom stereocenters. The number of aromatic nitrogens is 2. The van der Waals surface area contributed by atoms with Crippen molar-refractivity contribution in [2.24, 2.45) is 0 Å². The first-order valence-corrected chi connectivity index (χ1v) is 6.14. The van der Waals surface area contributed by atoms with Gasteiger partial charge < -0.3 is 5.32 Å². The lowest BCUT2D eigenvalue weighted by Crippen LogP contribution is -2.29. The van der Waals surface area contributed by atoms with Crippen molar-refractivity contribution in [2.75, 3.05) is 6.54 Å². The number of hydrogen-bond acceptors (Lipinski definition) is 4. The van der Waals surface area contributed by atoms with Gasteiger partial charge in [0.05, 0.1) is 0 Å². The van der Waals surface area contributed by atoms with E-state index >= 15 is 0 Å². The van der Waals surface area contributed by atoms with Gasteiger partial charge in [-0.05, 0) is 55.3 Å². The third-order valence-electron chi connectivity index (χ3n) is 2.25. The van der Waals surface area contributed by atoms with E-state index in [0.29, 0.717) is 10.00 Å². The van der Waals surface area contributed by atoms with Gasteiger partial charge in [0, 0.05) is 6.04 Å². The minimum Gasteiger partial charge on any atom is -0.310 e. The second-order valence-electron chi connectivity index (χ2n) is 3.53. The summed E-state index contributed by atoms with van der Waals surface area (Å²) in [4.78, 5) is 4.16. The van der Waals surface area contributed by atoms with Crippen molar-refractivity contribution in [3.63, 3.8) is 0 Å². The third-order valence-corrected chi connectivity index (χ3v) is 3.17. The molecular weight excluding hydrogens is 226 g/mol. The molecule has 0 spiro atoms. The molecule has 0 radical (unpaired) electrons. The summed E-state index contributed by atoms with van der Waals surface area (Å²) >= 11 is 6.33. The molecule has 1 aliphatic heterocycles. The van der Waals surface area contributed by atoms with Gasteiger partial charge in [0.1, 0.15) is 5.82 Å². The molecule has 1 aromatic rings. The summed E-state index contributed by atoms with van der Waals surface area (Å²) in [6.07, 6.45) is 7.40. The maximum atomic E-state index is 4.94. The SMILES string of the molecule is C[C@@H]1C=C(/C=C/c2nc(=S)s[nH]2)CCN1. The van der Waals surface area contributed by atoms with E-state index in [4.69, 9.17) is 12.2 Å². The third kappa shape index (κ3) is 3.09. The lowest BCUT2D eigenvalue weighted by atomic mass is 10.1. The molecule has 0 saturated carbocycles. The van der Waals surface area contributed by atoms with Crippen LogP contribution in [0.1, 0.15) is 19.2 Å². The molecule has 5 heteroatoms. The smallest absolute Gasteiger partial charge is 0.198 e. The van der Waals surface area contributed by atoms with E-state index in [9.17, 15) is 0 Å². The Bertz CT molecular complexity index is 442. The lowest BCUT2D eigenvalue weighted by Gasteiger charge is -2.17. The molecule has 1 atom stereocenters. The number of H-pyrrole nitrogens is 1. The minimum atomic E-state index is 0.465. The summed E-state index contributed by atoms with van der Waals surface area (Å²) in [5.74, 6) is 0.845. The van der Waals surface area contributed by atoms with Gasteiger partial charge >= 0.3 is 0 Å². The molecule has 0 aromatic carbocycles. The molecule has 2 N–H and O–H groups in total. The van der Waals surface area contributed by atoms with Gasteiger partial charge in [-0.3, -0.25) is 4.37 Å². The number of hydrogen-bond donors (Lipinski definition) is 2. The van der Waals surface area contributed by atoms with Crippen LogP contribution in [-0.2, 0) is 0 Å². The first-order chi connectivity index (χ1) is 7.24. The maximum absolute atomic E-state index is 4.94. The summed E-state index contributed by atoms with van der Waals surface area (Å²) < 4.78 is 3.71. The van der Waals surface area contributed by atoms with Crippen LogP contribution >= 0.6 is 23.8 Å². The van der Waals surface area contributed by atoms with Crippen LogP contribution in [0.25, 0.3) is 6.08 Å². The van der Waals surface area contributed by atoms with Crippen LogP contribution < -0.4 is 5.32 Å². The van der Waals surface area contributed by atoms with Crippen molar-refractivity contribution in [1.82, 2.24) is 14.7 Å². The van der Waals surface area contributed by atoms with E-state index < -0.39 is 0 Å². The highest BCUT2D eigenvalue weighted by Crippen LogP contribution is 2.11. The summed E-state index contributed by atoms with van der Waals surface area (Å²) in [5, 5.41) is 3.37. The Labute approximate surface area is 98.1 Å². The zero-order chi connectivity index (χ0) is 10.7. The molecule has 0 saturated heterocycles.